The Kier molecular flexibility index (Phi) is 4.51. The van der Waals surface area contributed by atoms with E-state index in [0.717, 1.165) is 38.5 Å². The lowest BCUT2D eigenvalue weighted by Gasteiger charge is -2.12. The Bertz CT molecular complexity index is 611. The Balaban J connectivity index is 1.69. The van der Waals surface area contributed by atoms with Gasteiger partial charge in [-0.3, -0.25) is 4.21 Å². The summed E-state index contributed by atoms with van der Waals surface area (Å²) in [5, 5.41) is 0.233. The Morgan fingerprint density at radius 1 is 1.14 bits per heavy atom. The maximum atomic E-state index is 12.3. The number of furan rings is 1. The second-order valence-corrected chi connectivity index (χ2v) is 9.35. The quantitative estimate of drug-likeness (QED) is 0.830. The normalized spacial score (nSPS) is 22.9. The van der Waals surface area contributed by atoms with Crippen molar-refractivity contribution in [1.82, 2.24) is 4.31 Å². The molecular weight excluding hydrogens is 310 g/mol. The van der Waals surface area contributed by atoms with Crippen molar-refractivity contribution in [2.24, 2.45) is 0 Å². The van der Waals surface area contributed by atoms with Crippen LogP contribution in [-0.2, 0) is 26.6 Å². The third-order valence-electron chi connectivity index (χ3n) is 4.25. The van der Waals surface area contributed by atoms with E-state index < -0.39 is 20.8 Å². The summed E-state index contributed by atoms with van der Waals surface area (Å²) in [4.78, 5) is 0. The monoisotopic (exact) mass is 331 g/mol. The fourth-order valence-corrected chi connectivity index (χ4v) is 6.02. The Morgan fingerprint density at radius 2 is 1.81 bits per heavy atom. The van der Waals surface area contributed by atoms with E-state index in [0.29, 0.717) is 24.6 Å². The third-order valence-corrected chi connectivity index (χ3v) is 7.81. The van der Waals surface area contributed by atoms with E-state index in [1.54, 1.807) is 6.07 Å². The van der Waals surface area contributed by atoms with Gasteiger partial charge in [0.15, 0.2) is 0 Å². The van der Waals surface area contributed by atoms with E-state index in [9.17, 15) is 12.6 Å². The van der Waals surface area contributed by atoms with Gasteiger partial charge in [0.05, 0.1) is 5.75 Å². The largest absolute Gasteiger partial charge is 0.447 e. The third kappa shape index (κ3) is 3.24. The fraction of sp³-hybridized carbons (Fsp3) is 0.714. The van der Waals surface area contributed by atoms with Gasteiger partial charge in [-0.15, -0.1) is 0 Å². The highest BCUT2D eigenvalue weighted by atomic mass is 32.2. The molecule has 0 unspecified atom stereocenters. The molecule has 1 aliphatic carbocycles. The first kappa shape index (κ1) is 15.2. The predicted molar refractivity (Wildman–Crippen MR) is 80.8 cm³/mol. The Labute approximate surface area is 128 Å². The van der Waals surface area contributed by atoms with Gasteiger partial charge in [0.1, 0.15) is 5.76 Å². The molecule has 1 aromatic heterocycles. The summed E-state index contributed by atoms with van der Waals surface area (Å²) >= 11 is 0. The minimum absolute atomic E-state index is 0.0113. The molecule has 1 aromatic rings. The number of hydrogen-bond donors (Lipinski definition) is 0. The molecule has 7 heteroatoms. The molecule has 0 bridgehead atoms. The van der Waals surface area contributed by atoms with Gasteiger partial charge in [0.25, 0.3) is 10.0 Å². The fourth-order valence-electron chi connectivity index (χ4n) is 3.04. The van der Waals surface area contributed by atoms with E-state index >= 15 is 0 Å². The summed E-state index contributed by atoms with van der Waals surface area (Å²) in [6.07, 6.45) is 6.10. The molecule has 21 heavy (non-hydrogen) atoms. The molecular formula is C14H21NO4S2. The maximum Gasteiger partial charge on any atom is 0.276 e. The van der Waals surface area contributed by atoms with Gasteiger partial charge >= 0.3 is 0 Å². The van der Waals surface area contributed by atoms with Crippen molar-refractivity contribution in [1.29, 1.82) is 0 Å². The van der Waals surface area contributed by atoms with Crippen molar-refractivity contribution in [3.63, 3.8) is 0 Å². The van der Waals surface area contributed by atoms with E-state index in [-0.39, 0.29) is 10.3 Å². The van der Waals surface area contributed by atoms with Gasteiger partial charge < -0.3 is 4.42 Å². The first-order chi connectivity index (χ1) is 10.1. The molecule has 5 nitrogen and oxygen atoms in total. The van der Waals surface area contributed by atoms with Crippen LogP contribution in [0.25, 0.3) is 0 Å². The summed E-state index contributed by atoms with van der Waals surface area (Å²) in [6.45, 7) is 1.12. The summed E-state index contributed by atoms with van der Waals surface area (Å²) in [6, 6.07) is 3.14. The molecule has 1 aliphatic heterocycles. The van der Waals surface area contributed by atoms with Gasteiger partial charge in [0.2, 0.25) is 5.09 Å². The minimum atomic E-state index is -3.50. The SMILES string of the molecule is O=[S@@](Cc1ccc(S(=O)(=O)N2CCCC2)o1)C1CCCC1. The Morgan fingerprint density at radius 3 is 2.48 bits per heavy atom. The van der Waals surface area contributed by atoms with Gasteiger partial charge in [-0.2, -0.15) is 4.31 Å². The molecule has 0 aromatic carbocycles. The minimum Gasteiger partial charge on any atom is -0.447 e. The molecule has 2 fully saturated rings. The Hall–Kier alpha value is -0.660. The van der Waals surface area contributed by atoms with Gasteiger partial charge in [-0.25, -0.2) is 8.42 Å². The molecule has 2 aliphatic rings. The van der Waals surface area contributed by atoms with Crippen LogP contribution in [0.4, 0.5) is 0 Å². The van der Waals surface area contributed by atoms with E-state index in [2.05, 4.69) is 0 Å². The predicted octanol–water partition coefficient (Wildman–Crippen LogP) is 2.26. The first-order valence-corrected chi connectivity index (χ1v) is 10.4. The smallest absolute Gasteiger partial charge is 0.276 e. The molecule has 0 amide bonds. The standard InChI is InChI=1S/C14H21NO4S2/c16-20(13-5-1-2-6-13)11-12-7-8-14(19-12)21(17,18)15-9-3-4-10-15/h7-8,13H,1-6,9-11H2/t20-/m0/s1. The van der Waals surface area contributed by atoms with Crippen molar-refractivity contribution in [3.8, 4) is 0 Å². The number of hydrogen-bond acceptors (Lipinski definition) is 4. The summed E-state index contributed by atoms with van der Waals surface area (Å²) < 4.78 is 43.8. The van der Waals surface area contributed by atoms with Crippen LogP contribution in [0, 0.1) is 0 Å². The van der Waals surface area contributed by atoms with Crippen molar-refractivity contribution in [3.05, 3.63) is 17.9 Å². The van der Waals surface area contributed by atoms with Crippen LogP contribution in [0.15, 0.2) is 21.6 Å². The topological polar surface area (TPSA) is 67.6 Å². The molecule has 0 N–H and O–H groups in total. The van der Waals surface area contributed by atoms with Crippen LogP contribution < -0.4 is 0 Å². The molecule has 0 radical (unpaired) electrons. The van der Waals surface area contributed by atoms with Gasteiger partial charge in [-0.1, -0.05) is 12.8 Å². The molecule has 3 rings (SSSR count). The number of rotatable bonds is 5. The van der Waals surface area contributed by atoms with Crippen molar-refractivity contribution < 1.29 is 17.0 Å². The highest BCUT2D eigenvalue weighted by molar-refractivity contribution is 7.89. The van der Waals surface area contributed by atoms with Crippen LogP contribution in [0.5, 0.6) is 0 Å². The van der Waals surface area contributed by atoms with Crippen LogP contribution in [0.3, 0.4) is 0 Å². The van der Waals surface area contributed by atoms with Crippen LogP contribution in [0.1, 0.15) is 44.3 Å². The zero-order valence-electron chi connectivity index (χ0n) is 12.0. The maximum absolute atomic E-state index is 12.3. The van der Waals surface area contributed by atoms with E-state index in [1.165, 1.54) is 10.4 Å². The highest BCUT2D eigenvalue weighted by Gasteiger charge is 2.30. The number of sulfonamides is 1. The highest BCUT2D eigenvalue weighted by Crippen LogP contribution is 2.27. The summed E-state index contributed by atoms with van der Waals surface area (Å²) in [5.74, 6) is 0.832. The molecule has 1 saturated carbocycles. The lowest BCUT2D eigenvalue weighted by molar-refractivity contribution is 0.396. The van der Waals surface area contributed by atoms with Crippen molar-refractivity contribution in [2.75, 3.05) is 13.1 Å². The average molecular weight is 331 g/mol. The average Bonchev–Trinajstić information content (AvgIpc) is 3.20. The second-order valence-electron chi connectivity index (χ2n) is 5.76. The van der Waals surface area contributed by atoms with Gasteiger partial charge in [0, 0.05) is 29.1 Å². The van der Waals surface area contributed by atoms with Crippen LogP contribution in [-0.4, -0.2) is 35.3 Å². The zero-order chi connectivity index (χ0) is 14.9. The van der Waals surface area contributed by atoms with Crippen molar-refractivity contribution >= 4 is 20.8 Å². The van der Waals surface area contributed by atoms with Crippen LogP contribution in [0.2, 0.25) is 0 Å². The van der Waals surface area contributed by atoms with E-state index in [1.807, 2.05) is 0 Å². The summed E-state index contributed by atoms with van der Waals surface area (Å²) in [7, 11) is -4.47. The molecule has 1 atom stereocenters. The van der Waals surface area contributed by atoms with Gasteiger partial charge in [-0.05, 0) is 37.8 Å². The molecule has 2 heterocycles. The lowest BCUT2D eigenvalue weighted by Crippen LogP contribution is -2.27. The first-order valence-electron chi connectivity index (χ1n) is 7.53. The zero-order valence-corrected chi connectivity index (χ0v) is 13.6. The summed E-state index contributed by atoms with van der Waals surface area (Å²) in [5.41, 5.74) is 0. The van der Waals surface area contributed by atoms with Crippen LogP contribution >= 0.6 is 0 Å². The van der Waals surface area contributed by atoms with Crippen molar-refractivity contribution in [2.45, 2.75) is 54.6 Å². The molecule has 1 saturated heterocycles. The lowest BCUT2D eigenvalue weighted by atomic mass is 10.4. The molecule has 118 valence electrons. The number of nitrogens with zero attached hydrogens (tertiary/aromatic N) is 1. The van der Waals surface area contributed by atoms with E-state index in [4.69, 9.17) is 4.42 Å². The second kappa shape index (κ2) is 6.22. The molecule has 0 spiro atoms.